The molecule has 3 heteroatoms. The molecule has 2 nitrogen and oxygen atoms in total. The number of hydrogen-bond donors (Lipinski definition) is 1. The van der Waals surface area contributed by atoms with Crippen molar-refractivity contribution < 1.29 is 5.11 Å². The second-order valence-corrected chi connectivity index (χ2v) is 6.04. The molecule has 0 aliphatic heterocycles. The zero-order valence-electron chi connectivity index (χ0n) is 10.6. The van der Waals surface area contributed by atoms with Crippen LogP contribution in [0.2, 0.25) is 0 Å². The van der Waals surface area contributed by atoms with Gasteiger partial charge in [0.25, 0.3) is 0 Å². The van der Waals surface area contributed by atoms with E-state index < -0.39 is 0 Å². The Hall–Kier alpha value is -1.19. The van der Waals surface area contributed by atoms with Gasteiger partial charge in [-0.15, -0.1) is 0 Å². The molecule has 3 rings (SSSR count). The van der Waals surface area contributed by atoms with E-state index in [9.17, 15) is 5.11 Å². The van der Waals surface area contributed by atoms with Gasteiger partial charge in [0.05, 0.1) is 6.10 Å². The standard InChI is InChI=1S/C16H16BrNO/c17-13-7-11(9-18-10-13)8-16(19)15-6-5-12-3-1-2-4-14(12)15/h1-4,7,9-10,15-16,19H,5-6,8H2. The first kappa shape index (κ1) is 12.8. The first-order chi connectivity index (χ1) is 9.24. The number of fused-ring (bicyclic) bond motifs is 1. The van der Waals surface area contributed by atoms with Gasteiger partial charge in [0.15, 0.2) is 0 Å². The number of aromatic nitrogens is 1. The fourth-order valence-corrected chi connectivity index (χ4v) is 3.35. The Morgan fingerprint density at radius 1 is 1.32 bits per heavy atom. The van der Waals surface area contributed by atoms with Crippen LogP contribution in [-0.2, 0) is 12.8 Å². The van der Waals surface area contributed by atoms with E-state index in [1.54, 1.807) is 6.20 Å². The van der Waals surface area contributed by atoms with Gasteiger partial charge >= 0.3 is 0 Å². The number of aliphatic hydroxyl groups excluding tert-OH is 1. The lowest BCUT2D eigenvalue weighted by Crippen LogP contribution is -2.19. The molecule has 0 saturated carbocycles. The first-order valence-electron chi connectivity index (χ1n) is 6.59. The summed E-state index contributed by atoms with van der Waals surface area (Å²) in [4.78, 5) is 4.15. The highest BCUT2D eigenvalue weighted by molar-refractivity contribution is 9.10. The predicted octanol–water partition coefficient (Wildman–Crippen LogP) is 3.48. The van der Waals surface area contributed by atoms with Crippen LogP contribution in [0.15, 0.2) is 47.2 Å². The van der Waals surface area contributed by atoms with Crippen LogP contribution in [0.5, 0.6) is 0 Å². The second kappa shape index (κ2) is 5.43. The largest absolute Gasteiger partial charge is 0.392 e. The zero-order valence-corrected chi connectivity index (χ0v) is 12.2. The summed E-state index contributed by atoms with van der Waals surface area (Å²) in [6.07, 6.45) is 6.04. The third kappa shape index (κ3) is 2.72. The molecule has 0 amide bonds. The molecule has 1 heterocycles. The highest BCUT2D eigenvalue weighted by atomic mass is 79.9. The summed E-state index contributed by atoms with van der Waals surface area (Å²) in [7, 11) is 0. The molecule has 0 spiro atoms. The molecule has 2 atom stereocenters. The van der Waals surface area contributed by atoms with Gasteiger partial charge < -0.3 is 5.11 Å². The Bertz CT molecular complexity index is 584. The predicted molar refractivity (Wildman–Crippen MR) is 79.2 cm³/mol. The third-order valence-electron chi connectivity index (χ3n) is 3.85. The van der Waals surface area contributed by atoms with Crippen LogP contribution < -0.4 is 0 Å². The molecule has 19 heavy (non-hydrogen) atoms. The van der Waals surface area contributed by atoms with Gasteiger partial charge in [-0.3, -0.25) is 4.98 Å². The number of aliphatic hydroxyl groups is 1. The average molecular weight is 318 g/mol. The van der Waals surface area contributed by atoms with Gasteiger partial charge in [0.1, 0.15) is 0 Å². The second-order valence-electron chi connectivity index (χ2n) is 5.13. The van der Waals surface area contributed by atoms with E-state index in [0.717, 1.165) is 22.9 Å². The van der Waals surface area contributed by atoms with Crippen LogP contribution in [-0.4, -0.2) is 16.2 Å². The lowest BCUT2D eigenvalue weighted by atomic mass is 9.91. The van der Waals surface area contributed by atoms with Crippen molar-refractivity contribution >= 4 is 15.9 Å². The molecular weight excluding hydrogens is 302 g/mol. The summed E-state index contributed by atoms with van der Waals surface area (Å²) < 4.78 is 0.962. The van der Waals surface area contributed by atoms with Gasteiger partial charge in [0.2, 0.25) is 0 Å². The minimum Gasteiger partial charge on any atom is -0.392 e. The van der Waals surface area contributed by atoms with Crippen molar-refractivity contribution in [2.45, 2.75) is 31.3 Å². The molecule has 1 aromatic carbocycles. The van der Waals surface area contributed by atoms with Crippen LogP contribution in [0.4, 0.5) is 0 Å². The molecule has 1 aliphatic rings. The maximum atomic E-state index is 10.5. The summed E-state index contributed by atoms with van der Waals surface area (Å²) in [5.74, 6) is 0.259. The molecule has 1 aromatic heterocycles. The van der Waals surface area contributed by atoms with Crippen molar-refractivity contribution in [1.29, 1.82) is 0 Å². The Morgan fingerprint density at radius 3 is 3.00 bits per heavy atom. The lowest BCUT2D eigenvalue weighted by molar-refractivity contribution is 0.143. The lowest BCUT2D eigenvalue weighted by Gasteiger charge is -2.19. The van der Waals surface area contributed by atoms with Gasteiger partial charge in [-0.2, -0.15) is 0 Å². The molecule has 0 radical (unpaired) electrons. The van der Waals surface area contributed by atoms with E-state index in [-0.39, 0.29) is 12.0 Å². The molecule has 0 bridgehead atoms. The van der Waals surface area contributed by atoms with Gasteiger partial charge in [-0.05, 0) is 51.5 Å². The number of aryl methyl sites for hydroxylation is 1. The Labute approximate surface area is 121 Å². The maximum Gasteiger partial charge on any atom is 0.0649 e. The number of halogens is 1. The van der Waals surface area contributed by atoms with Crippen LogP contribution in [0.1, 0.15) is 29.0 Å². The summed E-state index contributed by atoms with van der Waals surface area (Å²) in [6, 6.07) is 10.5. The zero-order chi connectivity index (χ0) is 13.2. The molecule has 1 aliphatic carbocycles. The van der Waals surface area contributed by atoms with E-state index >= 15 is 0 Å². The molecule has 2 aromatic rings. The minimum absolute atomic E-state index is 0.259. The highest BCUT2D eigenvalue weighted by Crippen LogP contribution is 2.36. The van der Waals surface area contributed by atoms with E-state index in [0.29, 0.717) is 6.42 Å². The normalized spacial score (nSPS) is 19.2. The molecule has 0 fully saturated rings. The van der Waals surface area contributed by atoms with Crippen molar-refractivity contribution in [3.63, 3.8) is 0 Å². The Kier molecular flexibility index (Phi) is 3.67. The van der Waals surface area contributed by atoms with Crippen molar-refractivity contribution in [3.05, 3.63) is 63.9 Å². The number of nitrogens with zero attached hydrogens (tertiary/aromatic N) is 1. The molecule has 0 saturated heterocycles. The highest BCUT2D eigenvalue weighted by Gasteiger charge is 2.28. The van der Waals surface area contributed by atoms with E-state index in [1.165, 1.54) is 11.1 Å². The smallest absolute Gasteiger partial charge is 0.0649 e. The van der Waals surface area contributed by atoms with E-state index in [4.69, 9.17) is 0 Å². The number of pyridine rings is 1. The first-order valence-corrected chi connectivity index (χ1v) is 7.38. The summed E-state index contributed by atoms with van der Waals surface area (Å²) in [5, 5.41) is 10.5. The fourth-order valence-electron chi connectivity index (χ4n) is 2.94. The average Bonchev–Trinajstić information content (AvgIpc) is 2.82. The molecular formula is C16H16BrNO. The quantitative estimate of drug-likeness (QED) is 0.940. The summed E-state index contributed by atoms with van der Waals surface area (Å²) in [5.41, 5.74) is 3.78. The molecule has 2 unspecified atom stereocenters. The van der Waals surface area contributed by atoms with Crippen molar-refractivity contribution in [3.8, 4) is 0 Å². The maximum absolute atomic E-state index is 10.5. The van der Waals surface area contributed by atoms with Gasteiger partial charge in [-0.1, -0.05) is 24.3 Å². The Morgan fingerprint density at radius 2 is 2.16 bits per heavy atom. The molecule has 98 valence electrons. The number of benzene rings is 1. The summed E-state index contributed by atoms with van der Waals surface area (Å²) in [6.45, 7) is 0. The van der Waals surface area contributed by atoms with Gasteiger partial charge in [-0.25, -0.2) is 0 Å². The Balaban J connectivity index is 1.77. The van der Waals surface area contributed by atoms with Gasteiger partial charge in [0, 0.05) is 29.2 Å². The van der Waals surface area contributed by atoms with Crippen LogP contribution in [0, 0.1) is 0 Å². The van der Waals surface area contributed by atoms with E-state index in [2.05, 4.69) is 45.2 Å². The van der Waals surface area contributed by atoms with Crippen molar-refractivity contribution in [2.75, 3.05) is 0 Å². The minimum atomic E-state index is -0.334. The van der Waals surface area contributed by atoms with E-state index in [1.807, 2.05) is 12.3 Å². The SMILES string of the molecule is OC(Cc1cncc(Br)c1)C1CCc2ccccc21. The molecule has 1 N–H and O–H groups in total. The van der Waals surface area contributed by atoms with Crippen molar-refractivity contribution in [2.24, 2.45) is 0 Å². The van der Waals surface area contributed by atoms with Crippen molar-refractivity contribution in [1.82, 2.24) is 4.98 Å². The summed E-state index contributed by atoms with van der Waals surface area (Å²) >= 11 is 3.42. The fraction of sp³-hybridized carbons (Fsp3) is 0.312. The topological polar surface area (TPSA) is 33.1 Å². The van der Waals surface area contributed by atoms with Crippen LogP contribution in [0.3, 0.4) is 0 Å². The van der Waals surface area contributed by atoms with Crippen LogP contribution >= 0.6 is 15.9 Å². The number of rotatable bonds is 3. The van der Waals surface area contributed by atoms with Crippen LogP contribution in [0.25, 0.3) is 0 Å². The monoisotopic (exact) mass is 317 g/mol. The third-order valence-corrected chi connectivity index (χ3v) is 4.28. The number of hydrogen-bond acceptors (Lipinski definition) is 2.